The molecular weight excluding hydrogens is 460 g/mol. The number of hydrogen-bond donors (Lipinski definition) is 1. The fraction of sp³-hybridized carbons (Fsp3) is 0.0952. The van der Waals surface area contributed by atoms with Crippen LogP contribution in [-0.2, 0) is 4.74 Å². The number of rotatable bonds is 5. The highest BCUT2D eigenvalue weighted by molar-refractivity contribution is 7.99. The molecule has 0 saturated carbocycles. The summed E-state index contributed by atoms with van der Waals surface area (Å²) in [6, 6.07) is 12.9. The third-order valence-electron chi connectivity index (χ3n) is 4.02. The molecule has 0 radical (unpaired) electrons. The molecule has 2 aromatic carbocycles. The largest absolute Gasteiger partial charge is 0.481 e. The highest BCUT2D eigenvalue weighted by Gasteiger charge is 2.28. The average molecular weight is 475 g/mol. The van der Waals surface area contributed by atoms with Gasteiger partial charge < -0.3 is 19.3 Å². The molecule has 0 saturated heterocycles. The number of benzene rings is 2. The van der Waals surface area contributed by atoms with Gasteiger partial charge in [0.15, 0.2) is 5.16 Å². The van der Waals surface area contributed by atoms with E-state index in [1.54, 1.807) is 36.4 Å². The van der Waals surface area contributed by atoms with Crippen LogP contribution in [0, 0.1) is 0 Å². The van der Waals surface area contributed by atoms with E-state index >= 15 is 0 Å². The third-order valence-corrected chi connectivity index (χ3v) is 5.26. The van der Waals surface area contributed by atoms with Crippen LogP contribution in [-0.4, -0.2) is 47.2 Å². The zero-order valence-electron chi connectivity index (χ0n) is 16.7. The minimum absolute atomic E-state index is 0.00885. The van der Waals surface area contributed by atoms with E-state index in [1.807, 2.05) is 0 Å². The first-order chi connectivity index (χ1) is 15.3. The molecule has 3 aromatic rings. The van der Waals surface area contributed by atoms with Crippen LogP contribution in [0.4, 0.5) is 0 Å². The van der Waals surface area contributed by atoms with E-state index in [0.717, 1.165) is 11.8 Å². The summed E-state index contributed by atoms with van der Waals surface area (Å²) in [6.07, 6.45) is 0. The van der Waals surface area contributed by atoms with Gasteiger partial charge in [-0.15, -0.1) is 0 Å². The van der Waals surface area contributed by atoms with Gasteiger partial charge in [0.25, 0.3) is 0 Å². The lowest BCUT2D eigenvalue weighted by Gasteiger charge is -2.08. The monoisotopic (exact) mass is 474 g/mol. The Kier molecular flexibility index (Phi) is 7.29. The minimum atomic E-state index is -1.11. The van der Waals surface area contributed by atoms with Crippen LogP contribution in [0.25, 0.3) is 0 Å². The Morgan fingerprint density at radius 3 is 2.03 bits per heavy atom. The molecule has 0 spiro atoms. The normalized spacial score (nSPS) is 11.7. The van der Waals surface area contributed by atoms with E-state index in [0.29, 0.717) is 32.9 Å². The number of esters is 2. The topological polar surface area (TPSA) is 125 Å². The quantitative estimate of drug-likeness (QED) is 0.329. The van der Waals surface area contributed by atoms with Crippen LogP contribution < -0.4 is 9.47 Å². The van der Waals surface area contributed by atoms with Crippen molar-refractivity contribution < 1.29 is 33.7 Å². The van der Waals surface area contributed by atoms with Crippen LogP contribution in [0.5, 0.6) is 11.8 Å². The molecule has 0 atom stereocenters. The van der Waals surface area contributed by atoms with Crippen molar-refractivity contribution >= 4 is 41.3 Å². The smallest absolute Gasteiger partial charge is 0.346 e. The van der Waals surface area contributed by atoms with E-state index < -0.39 is 17.9 Å². The lowest BCUT2D eigenvalue weighted by molar-refractivity contribution is 0.0443. The maximum atomic E-state index is 11.3. The van der Waals surface area contributed by atoms with Gasteiger partial charge in [0.2, 0.25) is 11.8 Å². The Balaban J connectivity index is 0.000000219. The Labute approximate surface area is 191 Å². The molecule has 0 unspecified atom stereocenters. The molecule has 1 N–H and O–H groups in total. The summed E-state index contributed by atoms with van der Waals surface area (Å²) in [5, 5.41) is 9.69. The van der Waals surface area contributed by atoms with Crippen LogP contribution in [0.2, 0.25) is 5.02 Å². The number of fused-ring (bicyclic) bond motifs is 1. The van der Waals surface area contributed by atoms with Crippen molar-refractivity contribution in [2.75, 3.05) is 14.2 Å². The summed E-state index contributed by atoms with van der Waals surface area (Å²) in [5.41, 5.74) is 0.726. The van der Waals surface area contributed by atoms with Gasteiger partial charge in [-0.25, -0.2) is 14.4 Å². The highest BCUT2D eigenvalue weighted by Crippen LogP contribution is 2.33. The number of halogens is 1. The van der Waals surface area contributed by atoms with Crippen LogP contribution >= 0.6 is 23.4 Å². The zero-order valence-corrected chi connectivity index (χ0v) is 18.3. The predicted octanol–water partition coefficient (Wildman–Crippen LogP) is 3.99. The lowest BCUT2D eigenvalue weighted by Crippen LogP contribution is -2.01. The van der Waals surface area contributed by atoms with Gasteiger partial charge in [0, 0.05) is 4.90 Å². The summed E-state index contributed by atoms with van der Waals surface area (Å²) < 4.78 is 14.5. The number of aromatic carboxylic acids is 1. The molecule has 9 nitrogen and oxygen atoms in total. The van der Waals surface area contributed by atoms with Crippen LogP contribution in [0.1, 0.15) is 31.1 Å². The molecule has 4 rings (SSSR count). The maximum absolute atomic E-state index is 11.3. The SMILES string of the molecule is COc1cc(OC)nc(Sc2cccc(Cl)c2C(=O)O)n1.O=C1OC(=O)c2ccccc21. The van der Waals surface area contributed by atoms with E-state index in [4.69, 9.17) is 21.1 Å². The minimum Gasteiger partial charge on any atom is -0.481 e. The van der Waals surface area contributed by atoms with Crippen molar-refractivity contribution in [2.45, 2.75) is 10.1 Å². The van der Waals surface area contributed by atoms with Crippen molar-refractivity contribution in [3.05, 3.63) is 70.2 Å². The maximum Gasteiger partial charge on any atom is 0.346 e. The second kappa shape index (κ2) is 10.1. The molecule has 1 aliphatic heterocycles. The van der Waals surface area contributed by atoms with Gasteiger partial charge >= 0.3 is 17.9 Å². The molecule has 1 aromatic heterocycles. The number of carbonyl (C=O) groups is 3. The summed E-state index contributed by atoms with van der Waals surface area (Å²) in [4.78, 5) is 41.7. The number of nitrogens with zero attached hydrogens (tertiary/aromatic N) is 2. The number of carboxylic acids is 1. The van der Waals surface area contributed by atoms with Crippen molar-refractivity contribution in [3.63, 3.8) is 0 Å². The molecule has 2 heterocycles. The Morgan fingerprint density at radius 1 is 0.969 bits per heavy atom. The van der Waals surface area contributed by atoms with Crippen LogP contribution in [0.15, 0.2) is 58.6 Å². The zero-order chi connectivity index (χ0) is 23.3. The molecular formula is C21H15ClN2O7S. The van der Waals surface area contributed by atoms with Crippen molar-refractivity contribution in [2.24, 2.45) is 0 Å². The van der Waals surface area contributed by atoms with Crippen LogP contribution in [0.3, 0.4) is 0 Å². The van der Waals surface area contributed by atoms with E-state index in [-0.39, 0.29) is 10.6 Å². The van der Waals surface area contributed by atoms with E-state index in [9.17, 15) is 19.5 Å². The number of carbonyl (C=O) groups excluding carboxylic acids is 2. The fourth-order valence-electron chi connectivity index (χ4n) is 2.57. The molecule has 0 aliphatic carbocycles. The third kappa shape index (κ3) is 5.16. The second-order valence-electron chi connectivity index (χ2n) is 5.98. The fourth-order valence-corrected chi connectivity index (χ4v) is 3.79. The molecule has 32 heavy (non-hydrogen) atoms. The molecule has 164 valence electrons. The number of ether oxygens (including phenoxy) is 3. The first-order valence-electron chi connectivity index (χ1n) is 8.86. The summed E-state index contributed by atoms with van der Waals surface area (Å²) in [7, 11) is 2.94. The van der Waals surface area contributed by atoms with Crippen molar-refractivity contribution in [1.82, 2.24) is 9.97 Å². The highest BCUT2D eigenvalue weighted by atomic mass is 35.5. The summed E-state index contributed by atoms with van der Waals surface area (Å²) in [5.74, 6) is -1.57. The van der Waals surface area contributed by atoms with Gasteiger partial charge in [-0.3, -0.25) is 0 Å². The number of hydrogen-bond acceptors (Lipinski definition) is 9. The lowest BCUT2D eigenvalue weighted by atomic mass is 10.1. The summed E-state index contributed by atoms with van der Waals surface area (Å²) in [6.45, 7) is 0. The Hall–Kier alpha value is -3.63. The van der Waals surface area contributed by atoms with E-state index in [1.165, 1.54) is 26.4 Å². The Bertz CT molecular complexity index is 1150. The second-order valence-corrected chi connectivity index (χ2v) is 7.39. The van der Waals surface area contributed by atoms with E-state index in [2.05, 4.69) is 14.7 Å². The predicted molar refractivity (Wildman–Crippen MR) is 114 cm³/mol. The van der Waals surface area contributed by atoms with Crippen molar-refractivity contribution in [1.29, 1.82) is 0 Å². The van der Waals surface area contributed by atoms with Gasteiger partial charge in [0.1, 0.15) is 0 Å². The standard InChI is InChI=1S/C13H11ClN2O4S.C8H4O3/c1-19-9-6-10(20-2)16-13(15-9)21-8-5-3-4-7(14)11(8)12(17)18;9-7-5-3-1-2-4-6(5)8(10)11-7/h3-6H,1-2H3,(H,17,18);1-4H. The average Bonchev–Trinajstić information content (AvgIpc) is 3.07. The van der Waals surface area contributed by atoms with Gasteiger partial charge in [-0.05, 0) is 36.0 Å². The number of methoxy groups -OCH3 is 2. The first kappa shape index (κ1) is 23.0. The van der Waals surface area contributed by atoms with Gasteiger partial charge in [0.05, 0.1) is 42.0 Å². The van der Waals surface area contributed by atoms with Gasteiger partial charge in [-0.2, -0.15) is 9.97 Å². The molecule has 0 fully saturated rings. The number of cyclic esters (lactones) is 2. The number of carboxylic acid groups (broad SMARTS) is 1. The first-order valence-corrected chi connectivity index (χ1v) is 10.1. The summed E-state index contributed by atoms with van der Waals surface area (Å²) >= 11 is 6.99. The molecule has 0 bridgehead atoms. The van der Waals surface area contributed by atoms with Gasteiger partial charge in [-0.1, -0.05) is 29.8 Å². The molecule has 11 heteroatoms. The molecule has 1 aliphatic rings. The number of aromatic nitrogens is 2. The molecule has 0 amide bonds. The van der Waals surface area contributed by atoms with Crippen molar-refractivity contribution in [3.8, 4) is 11.8 Å². The Morgan fingerprint density at radius 2 is 1.53 bits per heavy atom.